The number of benzene rings is 4. The third kappa shape index (κ3) is 21.4. The van der Waals surface area contributed by atoms with Crippen LogP contribution in [0.5, 0.6) is 0 Å². The summed E-state index contributed by atoms with van der Waals surface area (Å²) in [6.07, 6.45) is 4.53. The third-order valence-corrected chi connectivity index (χ3v) is 9.37. The Labute approximate surface area is 436 Å². The van der Waals surface area contributed by atoms with Crippen molar-refractivity contribution < 1.29 is 84.7 Å². The second kappa shape index (κ2) is 34.4. The molecule has 0 amide bonds. The standard InChI is InChI=1S/2C20H14N4.2C6H10O4.2Cu.2H2O/c2*1-3-9-15(10-4-1)18-19(16-11-5-2-6-12-16)23-24-20(22-18)17-13-7-8-14-21-17;2*7-5(8)3-1-2-4-6(9)10;;;;/h2*1-14H;2*1-4H2,(H,7,8)(H,9,10);;;2*1H2/q;;;;2*+2;;/p-4. The van der Waals surface area contributed by atoms with Gasteiger partial charge in [0.2, 0.25) is 11.6 Å². The van der Waals surface area contributed by atoms with Crippen LogP contribution in [0.1, 0.15) is 51.4 Å². The minimum Gasteiger partial charge on any atom is -0.550 e. The molecule has 18 nitrogen and oxygen atoms in total. The molecule has 0 bridgehead atoms. The van der Waals surface area contributed by atoms with Gasteiger partial charge in [-0.1, -0.05) is 133 Å². The van der Waals surface area contributed by atoms with Crippen molar-refractivity contribution in [3.63, 3.8) is 0 Å². The molecule has 4 aromatic heterocycles. The molecule has 72 heavy (non-hydrogen) atoms. The summed E-state index contributed by atoms with van der Waals surface area (Å²) in [5, 5.41) is 56.6. The minimum absolute atomic E-state index is 0. The van der Waals surface area contributed by atoms with Crippen LogP contribution in [0.25, 0.3) is 68.1 Å². The van der Waals surface area contributed by atoms with Crippen molar-refractivity contribution >= 4 is 23.9 Å². The zero-order valence-corrected chi connectivity index (χ0v) is 40.2. The number of hydrogen-bond donors (Lipinski definition) is 0. The number of carboxylic acids is 4. The summed E-state index contributed by atoms with van der Waals surface area (Å²) in [5.74, 6) is -3.52. The average Bonchev–Trinajstić information content (AvgIpc) is 3.38. The Morgan fingerprint density at radius 2 is 0.583 bits per heavy atom. The molecule has 0 aliphatic heterocycles. The second-order valence-corrected chi connectivity index (χ2v) is 14.5. The molecule has 4 N–H and O–H groups in total. The number of carbonyl (C=O) groups excluding carboxylic acids is 4. The number of carbonyl (C=O) groups is 4. The Kier molecular flexibility index (Phi) is 29.6. The van der Waals surface area contributed by atoms with Crippen LogP contribution in [0.3, 0.4) is 0 Å². The van der Waals surface area contributed by atoms with Crippen LogP contribution in [0.15, 0.2) is 170 Å². The molecule has 0 fully saturated rings. The summed E-state index contributed by atoms with van der Waals surface area (Å²) < 4.78 is 0. The number of rotatable bonds is 16. The largest absolute Gasteiger partial charge is 2.00 e. The summed E-state index contributed by atoms with van der Waals surface area (Å²) in [5.41, 5.74) is 8.54. The minimum atomic E-state index is -1.14. The van der Waals surface area contributed by atoms with Crippen LogP contribution in [0.2, 0.25) is 0 Å². The fourth-order valence-electron chi connectivity index (χ4n) is 6.11. The van der Waals surface area contributed by atoms with Gasteiger partial charge in [-0.15, -0.1) is 20.4 Å². The molecule has 20 heteroatoms. The van der Waals surface area contributed by atoms with Gasteiger partial charge < -0.3 is 50.6 Å². The summed E-state index contributed by atoms with van der Waals surface area (Å²) >= 11 is 0. The van der Waals surface area contributed by atoms with Crippen LogP contribution in [0, 0.1) is 0 Å². The molecule has 0 aliphatic rings. The predicted octanol–water partition coefficient (Wildman–Crippen LogP) is 2.97. The molecular formula is C52H48Cu2N8O10. The van der Waals surface area contributed by atoms with E-state index in [0.29, 0.717) is 48.7 Å². The predicted molar refractivity (Wildman–Crippen MR) is 252 cm³/mol. The molecule has 0 saturated carbocycles. The quantitative estimate of drug-likeness (QED) is 0.0991. The van der Waals surface area contributed by atoms with Crippen molar-refractivity contribution in [1.29, 1.82) is 0 Å². The first kappa shape index (κ1) is 62.1. The maximum atomic E-state index is 9.77. The van der Waals surface area contributed by atoms with Crippen LogP contribution in [-0.4, -0.2) is 75.2 Å². The third-order valence-electron chi connectivity index (χ3n) is 9.37. The second-order valence-electron chi connectivity index (χ2n) is 14.5. The fourth-order valence-corrected chi connectivity index (χ4v) is 6.11. The SMILES string of the molecule is O.O.O=C([O-])CCCCC(=O)[O-].O=C([O-])CCCCC(=O)[O-].[Cu+2].[Cu+2].c1ccc(-c2nnc(-c3ccccn3)nc2-c2ccccc2)cc1.c1ccc(-c2nnc(-c3ccccn3)nc2-c2ccccc2)cc1. The number of hydrogen-bond acceptors (Lipinski definition) is 16. The van der Waals surface area contributed by atoms with Crippen molar-refractivity contribution in [2.45, 2.75) is 51.4 Å². The number of nitrogens with zero attached hydrogens (tertiary/aromatic N) is 8. The molecule has 8 aromatic rings. The van der Waals surface area contributed by atoms with Crippen LogP contribution >= 0.6 is 0 Å². The van der Waals surface area contributed by atoms with Crippen molar-refractivity contribution in [1.82, 2.24) is 40.3 Å². The Morgan fingerprint density at radius 3 is 0.819 bits per heavy atom. The molecule has 0 atom stereocenters. The smallest absolute Gasteiger partial charge is 0.550 e. The van der Waals surface area contributed by atoms with Gasteiger partial charge in [0.05, 0.1) is 0 Å². The van der Waals surface area contributed by atoms with Gasteiger partial charge in [-0.3, -0.25) is 9.97 Å². The van der Waals surface area contributed by atoms with E-state index in [-0.39, 0.29) is 70.8 Å². The first-order valence-electron chi connectivity index (χ1n) is 21.4. The number of aliphatic carboxylic acids is 4. The van der Waals surface area contributed by atoms with E-state index in [9.17, 15) is 39.6 Å². The van der Waals surface area contributed by atoms with Crippen molar-refractivity contribution in [2.24, 2.45) is 0 Å². The van der Waals surface area contributed by atoms with Crippen molar-refractivity contribution in [2.75, 3.05) is 0 Å². The van der Waals surface area contributed by atoms with E-state index >= 15 is 0 Å². The van der Waals surface area contributed by atoms with Gasteiger partial charge in [0.1, 0.15) is 34.2 Å². The van der Waals surface area contributed by atoms with Crippen molar-refractivity contribution in [3.8, 4) is 68.1 Å². The summed E-state index contributed by atoms with van der Waals surface area (Å²) in [4.78, 5) is 57.2. The normalized spacial score (nSPS) is 9.56. The number of pyridine rings is 2. The van der Waals surface area contributed by atoms with E-state index in [1.54, 1.807) is 12.4 Å². The van der Waals surface area contributed by atoms with E-state index in [4.69, 9.17) is 9.97 Å². The zero-order valence-electron chi connectivity index (χ0n) is 38.3. The Balaban J connectivity index is 0.000000510. The Morgan fingerprint density at radius 1 is 0.333 bits per heavy atom. The molecule has 0 saturated heterocycles. The first-order chi connectivity index (χ1) is 33.1. The fraction of sp³-hybridized carbons (Fsp3) is 0.154. The van der Waals surface area contributed by atoms with Gasteiger partial charge in [-0.25, -0.2) is 9.97 Å². The molecule has 4 heterocycles. The Hall–Kier alpha value is -7.96. The van der Waals surface area contributed by atoms with Gasteiger partial charge in [0.15, 0.2) is 0 Å². The number of aromatic nitrogens is 8. The molecule has 8 rings (SSSR count). The van der Waals surface area contributed by atoms with E-state index in [0.717, 1.165) is 45.0 Å². The molecule has 4 aromatic carbocycles. The zero-order chi connectivity index (χ0) is 48.4. The van der Waals surface area contributed by atoms with E-state index in [1.807, 2.05) is 158 Å². The first-order valence-corrected chi connectivity index (χ1v) is 21.4. The monoisotopic (exact) mass is 1070 g/mol. The van der Waals surface area contributed by atoms with E-state index in [1.165, 1.54) is 0 Å². The molecular weight excluding hydrogens is 1020 g/mol. The number of carboxylic acid groups (broad SMARTS) is 4. The summed E-state index contributed by atoms with van der Waals surface area (Å²) in [7, 11) is 0. The van der Waals surface area contributed by atoms with Gasteiger partial charge in [-0.05, 0) is 75.6 Å². The Bertz CT molecular complexity index is 2590. The van der Waals surface area contributed by atoms with Gasteiger partial charge >= 0.3 is 34.1 Å². The molecule has 0 unspecified atom stereocenters. The molecule has 2 radical (unpaired) electrons. The van der Waals surface area contributed by atoms with Gasteiger partial charge in [0, 0.05) is 58.5 Å². The summed E-state index contributed by atoms with van der Waals surface area (Å²) in [6, 6.07) is 51.3. The number of unbranched alkanes of at least 4 members (excludes halogenated alkanes) is 2. The summed E-state index contributed by atoms with van der Waals surface area (Å²) in [6.45, 7) is 0. The van der Waals surface area contributed by atoms with Crippen molar-refractivity contribution in [3.05, 3.63) is 170 Å². The van der Waals surface area contributed by atoms with Gasteiger partial charge in [0.25, 0.3) is 0 Å². The van der Waals surface area contributed by atoms with Gasteiger partial charge in [-0.2, -0.15) is 0 Å². The molecule has 0 aliphatic carbocycles. The maximum Gasteiger partial charge on any atom is 2.00 e. The van der Waals surface area contributed by atoms with Crippen LogP contribution in [0.4, 0.5) is 0 Å². The van der Waals surface area contributed by atoms with E-state index in [2.05, 4.69) is 30.4 Å². The van der Waals surface area contributed by atoms with Crippen LogP contribution < -0.4 is 20.4 Å². The van der Waals surface area contributed by atoms with E-state index < -0.39 is 23.9 Å². The van der Waals surface area contributed by atoms with Crippen LogP contribution in [-0.2, 0) is 53.3 Å². The maximum absolute atomic E-state index is 9.77. The topological polar surface area (TPSA) is 327 Å². The molecule has 0 spiro atoms. The average molecular weight is 1070 g/mol. The molecule has 378 valence electrons.